The second kappa shape index (κ2) is 4.11. The van der Waals surface area contributed by atoms with E-state index < -0.39 is 5.41 Å². The summed E-state index contributed by atoms with van der Waals surface area (Å²) < 4.78 is 0. The number of rotatable bonds is 2. The molecular formula is C12H16ClN3O. The molecule has 17 heavy (non-hydrogen) atoms. The quantitative estimate of drug-likeness (QED) is 0.787. The maximum atomic E-state index is 11.4. The lowest BCUT2D eigenvalue weighted by Gasteiger charge is -2.24. The third-order valence-corrected chi connectivity index (χ3v) is 3.77. The first kappa shape index (κ1) is 12.0. The molecule has 1 fully saturated rings. The van der Waals surface area contributed by atoms with Gasteiger partial charge in [0.1, 0.15) is 0 Å². The molecule has 1 heterocycles. The summed E-state index contributed by atoms with van der Waals surface area (Å²) in [6.45, 7) is 3.24. The molecule has 0 aromatic heterocycles. The fraction of sp³-hybridized carbons (Fsp3) is 0.417. The van der Waals surface area contributed by atoms with Crippen molar-refractivity contribution in [1.29, 1.82) is 0 Å². The number of nitrogens with zero attached hydrogens (tertiary/aromatic N) is 1. The molecule has 5 heteroatoms. The summed E-state index contributed by atoms with van der Waals surface area (Å²) in [5, 5.41) is 0.537. The lowest BCUT2D eigenvalue weighted by atomic mass is 9.89. The standard InChI is InChI=1S/C12H16ClN3O/c1-12(11(15)17)5-6-16(7-12)9-4-2-3-8(13)10(9)14/h2-4H,5-7,14H2,1H3,(H2,15,17). The van der Waals surface area contributed by atoms with Crippen molar-refractivity contribution in [3.63, 3.8) is 0 Å². The smallest absolute Gasteiger partial charge is 0.225 e. The van der Waals surface area contributed by atoms with Crippen LogP contribution in [0.2, 0.25) is 5.02 Å². The van der Waals surface area contributed by atoms with E-state index in [1.165, 1.54) is 0 Å². The molecule has 0 spiro atoms. The highest BCUT2D eigenvalue weighted by Crippen LogP contribution is 2.37. The van der Waals surface area contributed by atoms with Crippen LogP contribution in [0, 0.1) is 5.41 Å². The lowest BCUT2D eigenvalue weighted by Crippen LogP contribution is -2.37. The average Bonchev–Trinajstić information content (AvgIpc) is 2.66. The van der Waals surface area contributed by atoms with Crippen molar-refractivity contribution in [1.82, 2.24) is 0 Å². The topological polar surface area (TPSA) is 72.4 Å². The highest BCUT2D eigenvalue weighted by Gasteiger charge is 2.39. The number of carbonyl (C=O) groups excluding carboxylic acids is 1. The van der Waals surface area contributed by atoms with E-state index in [4.69, 9.17) is 23.1 Å². The number of nitrogen functional groups attached to an aromatic ring is 1. The Morgan fingerprint density at radius 2 is 2.24 bits per heavy atom. The van der Waals surface area contributed by atoms with Gasteiger partial charge in [-0.25, -0.2) is 0 Å². The van der Waals surface area contributed by atoms with E-state index >= 15 is 0 Å². The Balaban J connectivity index is 2.27. The van der Waals surface area contributed by atoms with E-state index in [1.54, 1.807) is 6.07 Å². The highest BCUT2D eigenvalue weighted by atomic mass is 35.5. The van der Waals surface area contributed by atoms with Gasteiger partial charge in [-0.1, -0.05) is 17.7 Å². The second-order valence-corrected chi connectivity index (χ2v) is 5.18. The van der Waals surface area contributed by atoms with Gasteiger partial charge < -0.3 is 16.4 Å². The molecule has 2 rings (SSSR count). The summed E-state index contributed by atoms with van der Waals surface area (Å²) >= 11 is 5.98. The van der Waals surface area contributed by atoms with Crippen molar-refractivity contribution in [3.05, 3.63) is 23.2 Å². The molecule has 0 saturated carbocycles. The van der Waals surface area contributed by atoms with Crippen molar-refractivity contribution in [2.24, 2.45) is 11.1 Å². The van der Waals surface area contributed by atoms with E-state index in [9.17, 15) is 4.79 Å². The van der Waals surface area contributed by atoms with Crippen LogP contribution in [0.3, 0.4) is 0 Å². The van der Waals surface area contributed by atoms with E-state index in [1.807, 2.05) is 19.1 Å². The minimum Gasteiger partial charge on any atom is -0.396 e. The Hall–Kier alpha value is -1.42. The van der Waals surface area contributed by atoms with Gasteiger partial charge in [-0.15, -0.1) is 0 Å². The van der Waals surface area contributed by atoms with Crippen LogP contribution in [0.1, 0.15) is 13.3 Å². The molecular weight excluding hydrogens is 238 g/mol. The van der Waals surface area contributed by atoms with Crippen LogP contribution < -0.4 is 16.4 Å². The molecule has 92 valence electrons. The number of para-hydroxylation sites is 1. The van der Waals surface area contributed by atoms with Crippen molar-refractivity contribution in [2.45, 2.75) is 13.3 Å². The molecule has 1 aliphatic rings. The van der Waals surface area contributed by atoms with Crippen LogP contribution in [0.4, 0.5) is 11.4 Å². The molecule has 1 saturated heterocycles. The number of benzene rings is 1. The van der Waals surface area contributed by atoms with Crippen molar-refractivity contribution in [2.75, 3.05) is 23.7 Å². The number of primary amides is 1. The Morgan fingerprint density at radius 3 is 2.82 bits per heavy atom. The van der Waals surface area contributed by atoms with Gasteiger partial charge in [-0.05, 0) is 25.5 Å². The first-order valence-electron chi connectivity index (χ1n) is 5.53. The Bertz CT molecular complexity index is 463. The Morgan fingerprint density at radius 1 is 1.53 bits per heavy atom. The third-order valence-electron chi connectivity index (χ3n) is 3.44. The van der Waals surface area contributed by atoms with Crippen LogP contribution in [0.15, 0.2) is 18.2 Å². The van der Waals surface area contributed by atoms with Gasteiger partial charge in [0, 0.05) is 13.1 Å². The molecule has 4 nitrogen and oxygen atoms in total. The minimum absolute atomic E-state index is 0.263. The molecule has 1 unspecified atom stereocenters. The third kappa shape index (κ3) is 2.05. The number of halogens is 1. The highest BCUT2D eigenvalue weighted by molar-refractivity contribution is 6.33. The van der Waals surface area contributed by atoms with Crippen LogP contribution >= 0.6 is 11.6 Å². The number of hydrogen-bond donors (Lipinski definition) is 2. The van der Waals surface area contributed by atoms with E-state index in [2.05, 4.69) is 4.90 Å². The Labute approximate surface area is 106 Å². The molecule has 1 atom stereocenters. The van der Waals surface area contributed by atoms with Gasteiger partial charge in [0.05, 0.1) is 21.8 Å². The first-order chi connectivity index (χ1) is 7.94. The molecule has 4 N–H and O–H groups in total. The molecule has 1 aromatic rings. The fourth-order valence-corrected chi connectivity index (χ4v) is 2.34. The van der Waals surface area contributed by atoms with Crippen molar-refractivity contribution < 1.29 is 4.79 Å². The molecule has 0 aliphatic carbocycles. The summed E-state index contributed by atoms with van der Waals surface area (Å²) in [5.41, 5.74) is 12.3. The predicted molar refractivity (Wildman–Crippen MR) is 70.0 cm³/mol. The maximum absolute atomic E-state index is 11.4. The predicted octanol–water partition coefficient (Wildman–Crippen LogP) is 1.62. The number of anilines is 2. The zero-order valence-electron chi connectivity index (χ0n) is 9.74. The molecule has 1 aromatic carbocycles. The van der Waals surface area contributed by atoms with Gasteiger partial charge >= 0.3 is 0 Å². The number of carbonyl (C=O) groups is 1. The largest absolute Gasteiger partial charge is 0.396 e. The van der Waals surface area contributed by atoms with Gasteiger partial charge in [-0.2, -0.15) is 0 Å². The summed E-state index contributed by atoms with van der Waals surface area (Å²) in [7, 11) is 0. The maximum Gasteiger partial charge on any atom is 0.225 e. The van der Waals surface area contributed by atoms with Crippen LogP contribution in [-0.2, 0) is 4.79 Å². The number of hydrogen-bond acceptors (Lipinski definition) is 3. The minimum atomic E-state index is -0.477. The average molecular weight is 254 g/mol. The molecule has 1 amide bonds. The normalized spacial score (nSPS) is 24.0. The van der Waals surface area contributed by atoms with Gasteiger partial charge in [-0.3, -0.25) is 4.79 Å². The van der Waals surface area contributed by atoms with Crippen molar-refractivity contribution >= 4 is 28.9 Å². The van der Waals surface area contributed by atoms with E-state index in [0.717, 1.165) is 18.7 Å². The summed E-state index contributed by atoms with van der Waals surface area (Å²) in [6.07, 6.45) is 0.744. The summed E-state index contributed by atoms with van der Waals surface area (Å²) in [6, 6.07) is 5.52. The SMILES string of the molecule is CC1(C(N)=O)CCN(c2cccc(Cl)c2N)C1. The zero-order chi connectivity index (χ0) is 12.6. The van der Waals surface area contributed by atoms with Gasteiger partial charge in [0.2, 0.25) is 5.91 Å². The first-order valence-corrected chi connectivity index (χ1v) is 5.91. The fourth-order valence-electron chi connectivity index (χ4n) is 2.17. The van der Waals surface area contributed by atoms with Gasteiger partial charge in [0.15, 0.2) is 0 Å². The van der Waals surface area contributed by atoms with Crippen LogP contribution in [-0.4, -0.2) is 19.0 Å². The molecule has 1 aliphatic heterocycles. The number of nitrogens with two attached hydrogens (primary N) is 2. The Kier molecular flexibility index (Phi) is 2.91. The number of amides is 1. The zero-order valence-corrected chi connectivity index (χ0v) is 10.5. The summed E-state index contributed by atoms with van der Waals surface area (Å²) in [5.74, 6) is -0.263. The van der Waals surface area contributed by atoms with Crippen LogP contribution in [0.5, 0.6) is 0 Å². The molecule has 0 radical (unpaired) electrons. The lowest BCUT2D eigenvalue weighted by molar-refractivity contribution is -0.125. The van der Waals surface area contributed by atoms with Crippen LogP contribution in [0.25, 0.3) is 0 Å². The van der Waals surface area contributed by atoms with Crippen molar-refractivity contribution in [3.8, 4) is 0 Å². The monoisotopic (exact) mass is 253 g/mol. The van der Waals surface area contributed by atoms with E-state index in [0.29, 0.717) is 17.3 Å². The summed E-state index contributed by atoms with van der Waals surface area (Å²) in [4.78, 5) is 13.5. The van der Waals surface area contributed by atoms with Gasteiger partial charge in [0.25, 0.3) is 0 Å². The molecule has 0 bridgehead atoms. The second-order valence-electron chi connectivity index (χ2n) is 4.77. The van der Waals surface area contributed by atoms with E-state index in [-0.39, 0.29) is 5.91 Å².